The van der Waals surface area contributed by atoms with E-state index in [1.807, 2.05) is 31.3 Å². The minimum atomic E-state index is -0.109. The van der Waals surface area contributed by atoms with E-state index in [9.17, 15) is 4.79 Å². The van der Waals surface area contributed by atoms with Crippen molar-refractivity contribution in [1.29, 1.82) is 0 Å². The van der Waals surface area contributed by atoms with E-state index in [2.05, 4.69) is 26.3 Å². The van der Waals surface area contributed by atoms with Gasteiger partial charge in [0.2, 0.25) is 0 Å². The first kappa shape index (κ1) is 12.1. The van der Waals surface area contributed by atoms with Gasteiger partial charge in [-0.3, -0.25) is 9.48 Å². The monoisotopic (exact) mass is 295 g/mol. The lowest BCUT2D eigenvalue weighted by atomic mass is 10.2. The Morgan fingerprint density at radius 2 is 2.24 bits per heavy atom. The second kappa shape index (κ2) is 5.31. The molecule has 5 heteroatoms. The highest BCUT2D eigenvalue weighted by atomic mass is 79.9. The number of benzene rings is 1. The van der Waals surface area contributed by atoms with Crippen molar-refractivity contribution in [3.63, 3.8) is 0 Å². The minimum absolute atomic E-state index is 0.109. The molecule has 2 rings (SSSR count). The molecule has 0 aliphatic carbocycles. The molecule has 0 saturated heterocycles. The molecule has 2 aromatic rings. The molecule has 0 aliphatic heterocycles. The predicted octanol–water partition coefficient (Wildman–Crippen LogP) is 2.09. The minimum Gasteiger partial charge on any atom is -0.351 e. The van der Waals surface area contributed by atoms with E-state index in [1.54, 1.807) is 4.68 Å². The molecular formula is C12H14BrN3O. The number of carbonyl (C=O) groups excluding carboxylic acids is 1. The zero-order valence-corrected chi connectivity index (χ0v) is 11.2. The second-order valence-corrected chi connectivity index (χ2v) is 4.58. The van der Waals surface area contributed by atoms with Crippen LogP contribution in [0, 0.1) is 0 Å². The zero-order chi connectivity index (χ0) is 12.3. The van der Waals surface area contributed by atoms with Crippen LogP contribution in [0.25, 0.3) is 10.9 Å². The van der Waals surface area contributed by atoms with Crippen LogP contribution < -0.4 is 5.32 Å². The maximum absolute atomic E-state index is 11.9. The highest BCUT2D eigenvalue weighted by Crippen LogP contribution is 2.17. The largest absolute Gasteiger partial charge is 0.351 e. The predicted molar refractivity (Wildman–Crippen MR) is 71.5 cm³/mol. The number of nitrogens with one attached hydrogen (secondary N) is 1. The molecule has 0 spiro atoms. The number of alkyl halides is 1. The van der Waals surface area contributed by atoms with Gasteiger partial charge in [0.15, 0.2) is 5.69 Å². The van der Waals surface area contributed by atoms with Gasteiger partial charge in [0, 0.05) is 24.3 Å². The number of aryl methyl sites for hydroxylation is 1. The molecule has 1 heterocycles. The molecule has 4 nitrogen and oxygen atoms in total. The third kappa shape index (κ3) is 2.49. The third-order valence-electron chi connectivity index (χ3n) is 2.57. The molecule has 17 heavy (non-hydrogen) atoms. The first-order valence-electron chi connectivity index (χ1n) is 5.50. The summed E-state index contributed by atoms with van der Waals surface area (Å²) in [4.78, 5) is 11.9. The molecule has 0 atom stereocenters. The Morgan fingerprint density at radius 1 is 1.47 bits per heavy atom. The normalized spacial score (nSPS) is 10.7. The summed E-state index contributed by atoms with van der Waals surface area (Å²) in [6, 6.07) is 7.73. The summed E-state index contributed by atoms with van der Waals surface area (Å²) < 4.78 is 1.73. The lowest BCUT2D eigenvalue weighted by Crippen LogP contribution is -2.25. The van der Waals surface area contributed by atoms with E-state index < -0.39 is 0 Å². The van der Waals surface area contributed by atoms with Crippen molar-refractivity contribution < 1.29 is 4.79 Å². The van der Waals surface area contributed by atoms with E-state index in [0.717, 1.165) is 22.7 Å². The smallest absolute Gasteiger partial charge is 0.272 e. The van der Waals surface area contributed by atoms with Crippen molar-refractivity contribution in [2.45, 2.75) is 6.42 Å². The number of fused-ring (bicyclic) bond motifs is 1. The van der Waals surface area contributed by atoms with Crippen LogP contribution in [0.15, 0.2) is 24.3 Å². The van der Waals surface area contributed by atoms with Crippen LogP contribution in [-0.2, 0) is 7.05 Å². The average Bonchev–Trinajstić information content (AvgIpc) is 2.68. The standard InChI is InChI=1S/C12H14BrN3O/c1-16-10-6-3-2-5-9(10)11(15-16)12(17)14-8-4-7-13/h2-3,5-6H,4,7-8H2,1H3,(H,14,17). The van der Waals surface area contributed by atoms with Crippen LogP contribution in [0.4, 0.5) is 0 Å². The lowest BCUT2D eigenvalue weighted by Gasteiger charge is -2.00. The first-order valence-corrected chi connectivity index (χ1v) is 6.62. The molecule has 0 unspecified atom stereocenters. The van der Waals surface area contributed by atoms with Crippen LogP contribution in [0.2, 0.25) is 0 Å². The van der Waals surface area contributed by atoms with Gasteiger partial charge < -0.3 is 5.32 Å². The molecule has 1 aromatic carbocycles. The second-order valence-electron chi connectivity index (χ2n) is 3.79. The molecular weight excluding hydrogens is 282 g/mol. The Hall–Kier alpha value is -1.36. The highest BCUT2D eigenvalue weighted by molar-refractivity contribution is 9.09. The third-order valence-corrected chi connectivity index (χ3v) is 3.13. The van der Waals surface area contributed by atoms with Gasteiger partial charge in [-0.05, 0) is 12.5 Å². The number of aromatic nitrogens is 2. The Bertz CT molecular complexity index is 536. The van der Waals surface area contributed by atoms with Crippen molar-refractivity contribution in [2.75, 3.05) is 11.9 Å². The number of hydrogen-bond donors (Lipinski definition) is 1. The van der Waals surface area contributed by atoms with E-state index in [0.29, 0.717) is 12.2 Å². The van der Waals surface area contributed by atoms with Crippen LogP contribution in [-0.4, -0.2) is 27.6 Å². The van der Waals surface area contributed by atoms with Crippen molar-refractivity contribution in [2.24, 2.45) is 7.05 Å². The van der Waals surface area contributed by atoms with Crippen molar-refractivity contribution in [3.8, 4) is 0 Å². The van der Waals surface area contributed by atoms with Crippen molar-refractivity contribution in [3.05, 3.63) is 30.0 Å². The summed E-state index contributed by atoms with van der Waals surface area (Å²) in [5, 5.41) is 8.90. The van der Waals surface area contributed by atoms with Gasteiger partial charge in [-0.25, -0.2) is 0 Å². The summed E-state index contributed by atoms with van der Waals surface area (Å²) in [6.07, 6.45) is 0.913. The average molecular weight is 296 g/mol. The quantitative estimate of drug-likeness (QED) is 0.693. The van der Waals surface area contributed by atoms with Gasteiger partial charge in [0.25, 0.3) is 5.91 Å². The number of nitrogens with zero attached hydrogens (tertiary/aromatic N) is 2. The number of amides is 1. The fourth-order valence-electron chi connectivity index (χ4n) is 1.73. The molecule has 0 saturated carbocycles. The maximum Gasteiger partial charge on any atom is 0.272 e. The number of carbonyl (C=O) groups is 1. The molecule has 1 aromatic heterocycles. The zero-order valence-electron chi connectivity index (χ0n) is 9.61. The van der Waals surface area contributed by atoms with Gasteiger partial charge >= 0.3 is 0 Å². The Morgan fingerprint density at radius 3 is 3.00 bits per heavy atom. The molecule has 0 fully saturated rings. The fraction of sp³-hybridized carbons (Fsp3) is 0.333. The summed E-state index contributed by atoms with van der Waals surface area (Å²) >= 11 is 3.33. The summed E-state index contributed by atoms with van der Waals surface area (Å²) in [7, 11) is 1.84. The molecule has 1 amide bonds. The summed E-state index contributed by atoms with van der Waals surface area (Å²) in [5.74, 6) is -0.109. The Kier molecular flexibility index (Phi) is 3.78. The Balaban J connectivity index is 2.26. The van der Waals surface area contributed by atoms with E-state index >= 15 is 0 Å². The molecule has 0 radical (unpaired) electrons. The van der Waals surface area contributed by atoms with Crippen LogP contribution in [0.1, 0.15) is 16.9 Å². The van der Waals surface area contributed by atoms with Gasteiger partial charge in [0.05, 0.1) is 5.52 Å². The van der Waals surface area contributed by atoms with Crippen LogP contribution >= 0.6 is 15.9 Å². The van der Waals surface area contributed by atoms with Crippen LogP contribution in [0.3, 0.4) is 0 Å². The molecule has 90 valence electrons. The van der Waals surface area contributed by atoms with Crippen molar-refractivity contribution in [1.82, 2.24) is 15.1 Å². The first-order chi connectivity index (χ1) is 8.24. The molecule has 0 aliphatic rings. The van der Waals surface area contributed by atoms with E-state index in [-0.39, 0.29) is 5.91 Å². The van der Waals surface area contributed by atoms with Gasteiger partial charge in [-0.1, -0.05) is 34.1 Å². The van der Waals surface area contributed by atoms with Gasteiger partial charge in [-0.2, -0.15) is 5.10 Å². The van der Waals surface area contributed by atoms with E-state index in [1.165, 1.54) is 0 Å². The number of halogens is 1. The SMILES string of the molecule is Cn1nc(C(=O)NCCCBr)c2ccccc21. The highest BCUT2D eigenvalue weighted by Gasteiger charge is 2.14. The maximum atomic E-state index is 11.9. The van der Waals surface area contributed by atoms with Crippen molar-refractivity contribution >= 4 is 32.7 Å². The fourth-order valence-corrected chi connectivity index (χ4v) is 2.01. The summed E-state index contributed by atoms with van der Waals surface area (Å²) in [6.45, 7) is 0.662. The number of para-hydroxylation sites is 1. The summed E-state index contributed by atoms with van der Waals surface area (Å²) in [5.41, 5.74) is 1.47. The number of rotatable bonds is 4. The van der Waals surface area contributed by atoms with E-state index in [4.69, 9.17) is 0 Å². The van der Waals surface area contributed by atoms with Crippen LogP contribution in [0.5, 0.6) is 0 Å². The van der Waals surface area contributed by atoms with Gasteiger partial charge in [0.1, 0.15) is 0 Å². The molecule has 1 N–H and O–H groups in total. The Labute approximate surface area is 108 Å². The molecule has 0 bridgehead atoms. The number of hydrogen-bond acceptors (Lipinski definition) is 2. The topological polar surface area (TPSA) is 46.9 Å². The lowest BCUT2D eigenvalue weighted by molar-refractivity contribution is 0.0949. The van der Waals surface area contributed by atoms with Gasteiger partial charge in [-0.15, -0.1) is 0 Å².